The van der Waals surface area contributed by atoms with Gasteiger partial charge in [-0.3, -0.25) is 9.69 Å². The third-order valence-corrected chi connectivity index (χ3v) is 8.66. The summed E-state index contributed by atoms with van der Waals surface area (Å²) in [6.07, 6.45) is 2.90. The number of hydrogen-bond donors (Lipinski definition) is 2. The van der Waals surface area contributed by atoms with Crippen molar-refractivity contribution in [3.8, 4) is 11.5 Å². The van der Waals surface area contributed by atoms with Gasteiger partial charge in [-0.25, -0.2) is 4.79 Å². The first kappa shape index (κ1) is 27.7. The maximum Gasteiger partial charge on any atom is 0.339 e. The number of aliphatic hydroxyl groups is 2. The van der Waals surface area contributed by atoms with Gasteiger partial charge in [-0.1, -0.05) is 20.3 Å². The van der Waals surface area contributed by atoms with Gasteiger partial charge in [0.25, 0.3) is 0 Å². The van der Waals surface area contributed by atoms with E-state index >= 15 is 0 Å². The van der Waals surface area contributed by atoms with Crippen molar-refractivity contribution in [2.24, 2.45) is 5.92 Å². The van der Waals surface area contributed by atoms with Crippen LogP contribution in [0, 0.1) is 5.92 Å². The van der Waals surface area contributed by atoms with Gasteiger partial charge in [0.05, 0.1) is 38.2 Å². The third-order valence-electron chi connectivity index (χ3n) is 8.66. The molecule has 10 nitrogen and oxygen atoms in total. The average Bonchev–Trinajstić information content (AvgIpc) is 3.58. The molecule has 1 fully saturated rings. The first-order valence-corrected chi connectivity index (χ1v) is 13.8. The van der Waals surface area contributed by atoms with E-state index < -0.39 is 47.6 Å². The maximum atomic E-state index is 13.8. The second-order valence-electron chi connectivity index (χ2n) is 11.5. The number of benzene rings is 1. The summed E-state index contributed by atoms with van der Waals surface area (Å²) in [6, 6.07) is 3.67. The number of β-amino-alcohol motifs (C(OH)–C–C–N with tert-alkyl or cyclic N) is 1. The lowest BCUT2D eigenvalue weighted by atomic mass is 9.77. The molecule has 1 spiro atoms. The van der Waals surface area contributed by atoms with Gasteiger partial charge in [0.1, 0.15) is 5.76 Å². The molecule has 0 saturated carbocycles. The summed E-state index contributed by atoms with van der Waals surface area (Å²) < 4.78 is 28.0. The zero-order valence-corrected chi connectivity index (χ0v) is 23.1. The van der Waals surface area contributed by atoms with Gasteiger partial charge in [0, 0.05) is 6.54 Å². The van der Waals surface area contributed by atoms with Crippen molar-refractivity contribution in [1.29, 1.82) is 0 Å². The molecular formula is C29H39NO9. The molecule has 39 heavy (non-hydrogen) atoms. The first-order valence-electron chi connectivity index (χ1n) is 13.8. The number of carbonyl (C=O) groups is 2. The van der Waals surface area contributed by atoms with E-state index in [1.165, 1.54) is 14.2 Å². The number of rotatable bonds is 9. The topological polar surface area (TPSA) is 124 Å². The molecule has 4 aliphatic rings. The Morgan fingerprint density at radius 2 is 1.92 bits per heavy atom. The van der Waals surface area contributed by atoms with E-state index in [0.717, 1.165) is 31.4 Å². The minimum atomic E-state index is -2.05. The van der Waals surface area contributed by atoms with Crippen LogP contribution in [0.5, 0.6) is 11.5 Å². The summed E-state index contributed by atoms with van der Waals surface area (Å²) in [4.78, 5) is 28.2. The number of hydrogen-bond acceptors (Lipinski definition) is 10. The number of fused-ring (bicyclic) bond motifs is 3. The smallest absolute Gasteiger partial charge is 0.339 e. The first-order chi connectivity index (χ1) is 18.6. The van der Waals surface area contributed by atoms with E-state index in [0.29, 0.717) is 41.7 Å². The van der Waals surface area contributed by atoms with Crippen LogP contribution in [0.1, 0.15) is 75.5 Å². The molecule has 1 saturated heterocycles. The van der Waals surface area contributed by atoms with E-state index in [9.17, 15) is 19.8 Å². The minimum Gasteiger partial charge on any atom is -0.497 e. The highest BCUT2D eigenvalue weighted by atomic mass is 16.7. The zero-order chi connectivity index (χ0) is 27.9. The molecule has 0 aromatic heterocycles. The van der Waals surface area contributed by atoms with Crippen LogP contribution in [0.4, 0.5) is 0 Å². The van der Waals surface area contributed by atoms with Crippen LogP contribution in [0.3, 0.4) is 0 Å². The van der Waals surface area contributed by atoms with Crippen molar-refractivity contribution in [2.75, 3.05) is 34.1 Å². The van der Waals surface area contributed by atoms with Crippen LogP contribution in [-0.2, 0) is 23.8 Å². The highest BCUT2D eigenvalue weighted by Crippen LogP contribution is 2.57. The molecule has 10 heteroatoms. The van der Waals surface area contributed by atoms with Crippen LogP contribution < -0.4 is 9.47 Å². The minimum absolute atomic E-state index is 0.0633. The van der Waals surface area contributed by atoms with Gasteiger partial charge in [0.2, 0.25) is 6.79 Å². The van der Waals surface area contributed by atoms with Crippen LogP contribution in [-0.4, -0.2) is 78.4 Å². The van der Waals surface area contributed by atoms with Crippen molar-refractivity contribution in [1.82, 2.24) is 4.90 Å². The Labute approximate surface area is 228 Å². The summed E-state index contributed by atoms with van der Waals surface area (Å²) >= 11 is 0. The largest absolute Gasteiger partial charge is 0.497 e. The van der Waals surface area contributed by atoms with Crippen LogP contribution >= 0.6 is 0 Å². The fourth-order valence-corrected chi connectivity index (χ4v) is 6.71. The predicted octanol–water partition coefficient (Wildman–Crippen LogP) is 2.96. The predicted molar refractivity (Wildman–Crippen MR) is 139 cm³/mol. The lowest BCUT2D eigenvalue weighted by Gasteiger charge is -2.39. The molecule has 3 heterocycles. The Morgan fingerprint density at radius 3 is 2.59 bits per heavy atom. The Morgan fingerprint density at radius 1 is 1.21 bits per heavy atom. The molecule has 2 N–H and O–H groups in total. The molecule has 0 bridgehead atoms. The maximum absolute atomic E-state index is 13.8. The van der Waals surface area contributed by atoms with Crippen molar-refractivity contribution < 1.29 is 43.5 Å². The molecule has 1 aromatic rings. The standard InChI is InChI=1S/C29H39NO9/c1-17(2)7-5-9-29(34,14-24(32)36-4)27(33)39-26-23(35-3)13-28-8-6-10-30(28)15-20(31)18-11-21-22(38-16-37-21)12-19(18)25(26)28/h11-13,17,20,25-26,31,34H,5-10,14-16H2,1-4H3/t20-,25+,26+,28-,29+/m0/s1. The normalized spacial score (nSPS) is 28.6. The zero-order valence-electron chi connectivity index (χ0n) is 23.1. The van der Waals surface area contributed by atoms with Gasteiger partial charge in [-0.05, 0) is 67.5 Å². The summed E-state index contributed by atoms with van der Waals surface area (Å²) in [5, 5.41) is 22.8. The summed E-state index contributed by atoms with van der Waals surface area (Å²) in [6.45, 7) is 5.38. The molecule has 0 radical (unpaired) electrons. The van der Waals surface area contributed by atoms with E-state index in [1.807, 2.05) is 12.1 Å². The molecule has 214 valence electrons. The molecule has 3 aliphatic heterocycles. The molecule has 0 amide bonds. The summed E-state index contributed by atoms with van der Waals surface area (Å²) in [5.41, 5.74) is -1.14. The number of ether oxygens (including phenoxy) is 5. The number of aliphatic hydroxyl groups excluding tert-OH is 1. The fraction of sp³-hybridized carbons (Fsp3) is 0.655. The summed E-state index contributed by atoms with van der Waals surface area (Å²) in [7, 11) is 2.76. The highest BCUT2D eigenvalue weighted by Gasteiger charge is 2.60. The van der Waals surface area contributed by atoms with Crippen LogP contribution in [0.2, 0.25) is 0 Å². The molecule has 5 rings (SSSR count). The number of carbonyl (C=O) groups excluding carboxylic acids is 2. The quantitative estimate of drug-likeness (QED) is 0.448. The number of esters is 2. The molecule has 5 atom stereocenters. The van der Waals surface area contributed by atoms with Gasteiger partial charge < -0.3 is 33.9 Å². The Hall–Kier alpha value is -2.82. The lowest BCUT2D eigenvalue weighted by Crippen LogP contribution is -2.49. The Kier molecular flexibility index (Phi) is 7.56. The SMILES string of the molecule is COC(=O)C[C@](O)(CCCC(C)C)C(=O)O[C@@H]1C(OC)=C[C@]23CCCN2C[C@H](O)c2cc4c(cc2[C@H]13)OCO4. The fourth-order valence-electron chi connectivity index (χ4n) is 6.71. The van der Waals surface area contributed by atoms with Crippen molar-refractivity contribution in [3.05, 3.63) is 35.1 Å². The van der Waals surface area contributed by atoms with Gasteiger partial charge >= 0.3 is 11.9 Å². The molecular weight excluding hydrogens is 506 g/mol. The number of nitrogens with zero attached hydrogens (tertiary/aromatic N) is 1. The van der Waals surface area contributed by atoms with E-state index in [1.54, 1.807) is 6.07 Å². The highest BCUT2D eigenvalue weighted by molar-refractivity contribution is 5.86. The van der Waals surface area contributed by atoms with E-state index in [4.69, 9.17) is 23.7 Å². The van der Waals surface area contributed by atoms with Gasteiger partial charge in [-0.15, -0.1) is 0 Å². The monoisotopic (exact) mass is 545 g/mol. The molecule has 1 aliphatic carbocycles. The molecule has 0 unspecified atom stereocenters. The van der Waals surface area contributed by atoms with Gasteiger partial charge in [0.15, 0.2) is 23.2 Å². The second kappa shape index (κ2) is 10.6. The van der Waals surface area contributed by atoms with E-state index in [-0.39, 0.29) is 13.2 Å². The van der Waals surface area contributed by atoms with Crippen LogP contribution in [0.15, 0.2) is 24.0 Å². The van der Waals surface area contributed by atoms with E-state index in [2.05, 4.69) is 18.7 Å². The van der Waals surface area contributed by atoms with Gasteiger partial charge in [-0.2, -0.15) is 0 Å². The van der Waals surface area contributed by atoms with Crippen LogP contribution in [0.25, 0.3) is 0 Å². The third kappa shape index (κ3) is 4.87. The lowest BCUT2D eigenvalue weighted by molar-refractivity contribution is -0.178. The Bertz CT molecular complexity index is 1150. The second-order valence-corrected chi connectivity index (χ2v) is 11.5. The Balaban J connectivity index is 1.54. The summed E-state index contributed by atoms with van der Waals surface area (Å²) in [5.74, 6) is -0.0413. The molecule has 1 aromatic carbocycles. The number of methoxy groups -OCH3 is 2. The van der Waals surface area contributed by atoms with Crippen molar-refractivity contribution in [3.63, 3.8) is 0 Å². The average molecular weight is 546 g/mol. The van der Waals surface area contributed by atoms with Crippen molar-refractivity contribution >= 4 is 11.9 Å². The van der Waals surface area contributed by atoms with Crippen molar-refractivity contribution in [2.45, 2.75) is 81.6 Å².